The van der Waals surface area contributed by atoms with Crippen molar-refractivity contribution in [2.45, 2.75) is 31.7 Å². The van der Waals surface area contributed by atoms with Crippen molar-refractivity contribution in [3.05, 3.63) is 35.4 Å². The molecule has 1 aliphatic rings. The zero-order valence-electron chi connectivity index (χ0n) is 11.2. The summed E-state index contributed by atoms with van der Waals surface area (Å²) in [6.45, 7) is 4.32. The van der Waals surface area contributed by atoms with Crippen LogP contribution in [-0.4, -0.2) is 18.5 Å². The first kappa shape index (κ1) is 13.5. The first-order valence-electron chi connectivity index (χ1n) is 6.47. The molecule has 19 heavy (non-hydrogen) atoms. The number of nitrogens with two attached hydrogens (primary N) is 1. The highest BCUT2D eigenvalue weighted by Crippen LogP contribution is 2.26. The summed E-state index contributed by atoms with van der Waals surface area (Å²) in [5.41, 5.74) is 6.49. The van der Waals surface area contributed by atoms with Gasteiger partial charge in [0, 0.05) is 6.54 Å². The summed E-state index contributed by atoms with van der Waals surface area (Å²) < 4.78 is 0. The molecule has 0 bridgehead atoms. The number of benzene rings is 1. The minimum Gasteiger partial charge on any atom is -0.327 e. The lowest BCUT2D eigenvalue weighted by molar-refractivity contribution is -0.123. The molecule has 2 atom stereocenters. The van der Waals surface area contributed by atoms with Crippen LogP contribution in [0, 0.1) is 0 Å². The fraction of sp³-hybridized carbons (Fsp3) is 0.429. The number of nitrogens with one attached hydrogen (secondary N) is 2. The molecule has 0 aliphatic carbocycles. The Morgan fingerprint density at radius 3 is 2.32 bits per heavy atom. The zero-order valence-corrected chi connectivity index (χ0v) is 11.2. The van der Waals surface area contributed by atoms with E-state index in [2.05, 4.69) is 24.5 Å². The number of hydrogen-bond acceptors (Lipinski definition) is 3. The minimum absolute atomic E-state index is 0.0350. The predicted octanol–water partition coefficient (Wildman–Crippen LogP) is 1.19. The van der Waals surface area contributed by atoms with Crippen LogP contribution in [0.5, 0.6) is 0 Å². The van der Waals surface area contributed by atoms with Crippen LogP contribution >= 0.6 is 0 Å². The van der Waals surface area contributed by atoms with Gasteiger partial charge in [-0.25, -0.2) is 4.79 Å². The molecule has 0 saturated carbocycles. The van der Waals surface area contributed by atoms with Crippen molar-refractivity contribution in [3.63, 3.8) is 0 Å². The van der Waals surface area contributed by atoms with Crippen LogP contribution in [0.3, 0.4) is 0 Å². The highest BCUT2D eigenvalue weighted by atomic mass is 16.2. The molecule has 0 spiro atoms. The molecular weight excluding hydrogens is 242 g/mol. The number of urea groups is 1. The molecular formula is C14H19N3O2. The number of imide groups is 1. The Morgan fingerprint density at radius 2 is 1.89 bits per heavy atom. The van der Waals surface area contributed by atoms with Gasteiger partial charge in [0.15, 0.2) is 5.54 Å². The van der Waals surface area contributed by atoms with Crippen molar-refractivity contribution in [1.29, 1.82) is 0 Å². The second-order valence-electron chi connectivity index (χ2n) is 4.95. The van der Waals surface area contributed by atoms with Crippen LogP contribution in [0.25, 0.3) is 0 Å². The Labute approximate surface area is 112 Å². The molecule has 1 heterocycles. The van der Waals surface area contributed by atoms with Gasteiger partial charge < -0.3 is 11.1 Å². The maximum absolute atomic E-state index is 11.9. The standard InChI is InChI=1S/C14H19N3O2/c1-3-9(2)10-4-6-11(7-5-10)14(8-15)12(18)16-13(19)17-14/h4-7,9H,3,8,15H2,1-2H3,(H2,16,17,18,19). The van der Waals surface area contributed by atoms with E-state index in [4.69, 9.17) is 5.73 Å². The Kier molecular flexibility index (Phi) is 3.57. The van der Waals surface area contributed by atoms with Gasteiger partial charge >= 0.3 is 6.03 Å². The fourth-order valence-electron chi connectivity index (χ4n) is 2.29. The molecule has 1 aliphatic heterocycles. The normalized spacial score (nSPS) is 23.9. The zero-order chi connectivity index (χ0) is 14.0. The topological polar surface area (TPSA) is 84.2 Å². The molecule has 0 radical (unpaired) electrons. The number of carbonyl (C=O) groups excluding carboxylic acids is 2. The van der Waals surface area contributed by atoms with Gasteiger partial charge in [0.05, 0.1) is 0 Å². The van der Waals surface area contributed by atoms with E-state index in [1.165, 1.54) is 5.56 Å². The van der Waals surface area contributed by atoms with Gasteiger partial charge in [-0.3, -0.25) is 10.1 Å². The Bertz CT molecular complexity index is 498. The second-order valence-corrected chi connectivity index (χ2v) is 4.95. The van der Waals surface area contributed by atoms with Crippen molar-refractivity contribution in [2.24, 2.45) is 5.73 Å². The van der Waals surface area contributed by atoms with Gasteiger partial charge in [-0.1, -0.05) is 38.1 Å². The molecule has 0 aromatic heterocycles. The average Bonchev–Trinajstić information content (AvgIpc) is 2.73. The Hall–Kier alpha value is -1.88. The van der Waals surface area contributed by atoms with Gasteiger partial charge in [-0.05, 0) is 23.5 Å². The quantitative estimate of drug-likeness (QED) is 0.712. The highest BCUT2D eigenvalue weighted by molar-refractivity contribution is 6.07. The molecule has 2 unspecified atom stereocenters. The molecule has 3 amide bonds. The number of rotatable bonds is 4. The van der Waals surface area contributed by atoms with Gasteiger partial charge in [-0.15, -0.1) is 0 Å². The smallest absolute Gasteiger partial charge is 0.322 e. The number of hydrogen-bond donors (Lipinski definition) is 3. The van der Waals surface area contributed by atoms with E-state index in [0.717, 1.165) is 6.42 Å². The summed E-state index contributed by atoms with van der Waals surface area (Å²) in [6, 6.07) is 7.19. The van der Waals surface area contributed by atoms with E-state index in [0.29, 0.717) is 11.5 Å². The van der Waals surface area contributed by atoms with Gasteiger partial charge in [0.2, 0.25) is 0 Å². The fourth-order valence-corrected chi connectivity index (χ4v) is 2.29. The van der Waals surface area contributed by atoms with E-state index in [1.54, 1.807) is 0 Å². The van der Waals surface area contributed by atoms with E-state index >= 15 is 0 Å². The third-order valence-corrected chi connectivity index (χ3v) is 3.83. The van der Waals surface area contributed by atoms with E-state index < -0.39 is 17.5 Å². The number of carbonyl (C=O) groups is 2. The lowest BCUT2D eigenvalue weighted by Crippen LogP contribution is -2.49. The summed E-state index contributed by atoms with van der Waals surface area (Å²) in [5, 5.41) is 4.86. The summed E-state index contributed by atoms with van der Waals surface area (Å²) in [6.07, 6.45) is 1.05. The largest absolute Gasteiger partial charge is 0.327 e. The first-order chi connectivity index (χ1) is 9.03. The lowest BCUT2D eigenvalue weighted by atomic mass is 9.88. The molecule has 5 nitrogen and oxygen atoms in total. The Morgan fingerprint density at radius 1 is 1.26 bits per heavy atom. The maximum Gasteiger partial charge on any atom is 0.322 e. The van der Waals surface area contributed by atoms with Crippen molar-refractivity contribution in [1.82, 2.24) is 10.6 Å². The van der Waals surface area contributed by atoms with E-state index in [1.807, 2.05) is 24.3 Å². The van der Waals surface area contributed by atoms with Crippen LogP contribution < -0.4 is 16.4 Å². The van der Waals surface area contributed by atoms with Crippen molar-refractivity contribution in [2.75, 3.05) is 6.54 Å². The first-order valence-corrected chi connectivity index (χ1v) is 6.47. The molecule has 1 aromatic rings. The molecule has 1 saturated heterocycles. The summed E-state index contributed by atoms with van der Waals surface area (Å²) >= 11 is 0. The van der Waals surface area contributed by atoms with Gasteiger partial charge in [0.1, 0.15) is 0 Å². The predicted molar refractivity (Wildman–Crippen MR) is 72.6 cm³/mol. The second kappa shape index (κ2) is 5.01. The number of amides is 3. The van der Waals surface area contributed by atoms with E-state index in [9.17, 15) is 9.59 Å². The lowest BCUT2D eigenvalue weighted by Gasteiger charge is -2.25. The molecule has 1 fully saturated rings. The minimum atomic E-state index is -1.13. The van der Waals surface area contributed by atoms with Crippen LogP contribution in [-0.2, 0) is 10.3 Å². The summed E-state index contributed by atoms with van der Waals surface area (Å²) in [7, 11) is 0. The van der Waals surface area contributed by atoms with Crippen molar-refractivity contribution >= 4 is 11.9 Å². The monoisotopic (exact) mass is 261 g/mol. The Balaban J connectivity index is 2.35. The molecule has 1 aromatic carbocycles. The average molecular weight is 261 g/mol. The van der Waals surface area contributed by atoms with Crippen LogP contribution in [0.15, 0.2) is 24.3 Å². The van der Waals surface area contributed by atoms with Crippen LogP contribution in [0.1, 0.15) is 37.3 Å². The highest BCUT2D eigenvalue weighted by Gasteiger charge is 2.46. The molecule has 4 N–H and O–H groups in total. The molecule has 2 rings (SSSR count). The summed E-state index contributed by atoms with van der Waals surface area (Å²) in [5.74, 6) is 0.0752. The summed E-state index contributed by atoms with van der Waals surface area (Å²) in [4.78, 5) is 23.3. The SMILES string of the molecule is CCC(C)c1ccc(C2(CN)NC(=O)NC2=O)cc1. The van der Waals surface area contributed by atoms with Crippen molar-refractivity contribution in [3.8, 4) is 0 Å². The molecule has 5 heteroatoms. The van der Waals surface area contributed by atoms with Crippen LogP contribution in [0.4, 0.5) is 4.79 Å². The third kappa shape index (κ3) is 2.21. The van der Waals surface area contributed by atoms with Crippen molar-refractivity contribution < 1.29 is 9.59 Å². The third-order valence-electron chi connectivity index (χ3n) is 3.83. The van der Waals surface area contributed by atoms with Crippen LogP contribution in [0.2, 0.25) is 0 Å². The maximum atomic E-state index is 11.9. The van der Waals surface area contributed by atoms with Gasteiger partial charge in [-0.2, -0.15) is 0 Å². The molecule has 102 valence electrons. The van der Waals surface area contributed by atoms with E-state index in [-0.39, 0.29) is 6.54 Å². The van der Waals surface area contributed by atoms with Gasteiger partial charge in [0.25, 0.3) is 5.91 Å².